The van der Waals surface area contributed by atoms with E-state index in [0.717, 1.165) is 30.9 Å². The largest absolute Gasteiger partial charge is 0.314 e. The van der Waals surface area contributed by atoms with Gasteiger partial charge in [-0.05, 0) is 44.0 Å². The van der Waals surface area contributed by atoms with E-state index in [9.17, 15) is 13.2 Å². The molecule has 0 aromatic heterocycles. The van der Waals surface area contributed by atoms with Crippen molar-refractivity contribution in [1.29, 1.82) is 0 Å². The highest BCUT2D eigenvalue weighted by atomic mass is 35.5. The molecule has 1 fully saturated rings. The summed E-state index contributed by atoms with van der Waals surface area (Å²) in [5.74, 6) is 0.0540. The van der Waals surface area contributed by atoms with E-state index in [1.165, 1.54) is 6.07 Å². The van der Waals surface area contributed by atoms with Gasteiger partial charge in [0.1, 0.15) is 0 Å². The summed E-state index contributed by atoms with van der Waals surface area (Å²) in [4.78, 5) is 16.9. The zero-order chi connectivity index (χ0) is 17.5. The van der Waals surface area contributed by atoms with Crippen LogP contribution in [0.2, 0.25) is 0 Å². The van der Waals surface area contributed by atoms with Crippen LogP contribution in [0.5, 0.6) is 0 Å². The van der Waals surface area contributed by atoms with Gasteiger partial charge in [-0.2, -0.15) is 0 Å². The molecule has 7 nitrogen and oxygen atoms in total. The third-order valence-electron chi connectivity index (χ3n) is 4.84. The fraction of sp³-hybridized carbons (Fsp3) is 0.562. The van der Waals surface area contributed by atoms with Crippen LogP contribution in [-0.2, 0) is 21.2 Å². The molecule has 3 rings (SSSR count). The number of benzene rings is 1. The molecule has 2 heterocycles. The predicted molar refractivity (Wildman–Crippen MR) is 99.6 cm³/mol. The van der Waals surface area contributed by atoms with Crippen molar-refractivity contribution in [1.82, 2.24) is 10.2 Å². The standard InChI is InChI=1S/C16H24N4O3S.ClH/c1-11-7-13-8-14(24(17,22)23)3-4-15(13)20(11)16(21)10-19-6-5-18-9-12(19)2;/h3-4,8,11-12,18H,5-7,9-10H2,1-2H3,(H2,17,22,23);1H/t11?,12-;/m1./s1. The van der Waals surface area contributed by atoms with Crippen LogP contribution in [0.4, 0.5) is 5.69 Å². The number of hydrogen-bond donors (Lipinski definition) is 2. The van der Waals surface area contributed by atoms with Crippen molar-refractivity contribution in [3.05, 3.63) is 23.8 Å². The molecular weight excluding hydrogens is 364 g/mol. The van der Waals surface area contributed by atoms with Crippen LogP contribution in [0.15, 0.2) is 23.1 Å². The molecular formula is C16H25ClN4O3S. The lowest BCUT2D eigenvalue weighted by Gasteiger charge is -2.35. The maximum Gasteiger partial charge on any atom is 0.241 e. The summed E-state index contributed by atoms with van der Waals surface area (Å²) < 4.78 is 23.0. The number of nitrogens with zero attached hydrogens (tertiary/aromatic N) is 2. The molecule has 140 valence electrons. The lowest BCUT2D eigenvalue weighted by Crippen LogP contribution is -2.53. The molecule has 9 heteroatoms. The highest BCUT2D eigenvalue weighted by Gasteiger charge is 2.33. The molecule has 25 heavy (non-hydrogen) atoms. The van der Waals surface area contributed by atoms with Gasteiger partial charge in [-0.3, -0.25) is 9.69 Å². The van der Waals surface area contributed by atoms with Crippen LogP contribution >= 0.6 is 12.4 Å². The highest BCUT2D eigenvalue weighted by Crippen LogP contribution is 2.33. The van der Waals surface area contributed by atoms with Gasteiger partial charge < -0.3 is 10.2 Å². The smallest absolute Gasteiger partial charge is 0.241 e. The number of fused-ring (bicyclic) bond motifs is 1. The monoisotopic (exact) mass is 388 g/mol. The van der Waals surface area contributed by atoms with Crippen LogP contribution in [0, 0.1) is 0 Å². The molecule has 2 atom stereocenters. The Hall–Kier alpha value is -1.19. The van der Waals surface area contributed by atoms with E-state index in [-0.39, 0.29) is 29.3 Å². The summed E-state index contributed by atoms with van der Waals surface area (Å²) >= 11 is 0. The minimum atomic E-state index is -3.73. The average molecular weight is 389 g/mol. The molecule has 0 bridgehead atoms. The Morgan fingerprint density at radius 2 is 2.04 bits per heavy atom. The van der Waals surface area contributed by atoms with Crippen LogP contribution in [0.1, 0.15) is 19.4 Å². The summed E-state index contributed by atoms with van der Waals surface area (Å²) in [7, 11) is -3.73. The number of rotatable bonds is 3. The zero-order valence-electron chi connectivity index (χ0n) is 14.4. The lowest BCUT2D eigenvalue weighted by atomic mass is 10.1. The number of halogens is 1. The molecule has 0 spiro atoms. The summed E-state index contributed by atoms with van der Waals surface area (Å²) in [6.45, 7) is 7.10. The first-order valence-electron chi connectivity index (χ1n) is 8.20. The van der Waals surface area contributed by atoms with E-state index in [1.807, 2.05) is 6.92 Å². The summed E-state index contributed by atoms with van der Waals surface area (Å²) in [6.07, 6.45) is 0.640. The molecule has 2 aliphatic rings. The second-order valence-corrected chi connectivity index (χ2v) is 8.24. The van der Waals surface area contributed by atoms with Crippen molar-refractivity contribution >= 4 is 34.0 Å². The van der Waals surface area contributed by atoms with Gasteiger partial charge in [-0.25, -0.2) is 13.6 Å². The fourth-order valence-corrected chi connectivity index (χ4v) is 4.10. The van der Waals surface area contributed by atoms with Crippen molar-refractivity contribution in [2.75, 3.05) is 31.1 Å². The zero-order valence-corrected chi connectivity index (χ0v) is 16.1. The lowest BCUT2D eigenvalue weighted by molar-refractivity contribution is -0.120. The number of piperazine rings is 1. The van der Waals surface area contributed by atoms with Gasteiger partial charge >= 0.3 is 0 Å². The maximum atomic E-state index is 12.8. The minimum absolute atomic E-state index is 0. The van der Waals surface area contributed by atoms with E-state index >= 15 is 0 Å². The van der Waals surface area contributed by atoms with Crippen LogP contribution in [-0.4, -0.2) is 57.5 Å². The van der Waals surface area contributed by atoms with E-state index in [2.05, 4.69) is 17.1 Å². The number of primary sulfonamides is 1. The molecule has 0 saturated carbocycles. The van der Waals surface area contributed by atoms with Gasteiger partial charge in [0.25, 0.3) is 0 Å². The van der Waals surface area contributed by atoms with Gasteiger partial charge in [0.2, 0.25) is 15.9 Å². The Morgan fingerprint density at radius 1 is 1.32 bits per heavy atom. The summed E-state index contributed by atoms with van der Waals surface area (Å²) in [6, 6.07) is 5.09. The topological polar surface area (TPSA) is 95.7 Å². The molecule has 1 amide bonds. The Morgan fingerprint density at radius 3 is 2.68 bits per heavy atom. The van der Waals surface area contributed by atoms with Gasteiger partial charge in [-0.1, -0.05) is 0 Å². The Labute approximate surface area is 155 Å². The first kappa shape index (κ1) is 20.1. The maximum absolute atomic E-state index is 12.8. The first-order valence-corrected chi connectivity index (χ1v) is 9.74. The van der Waals surface area contributed by atoms with Crippen LogP contribution in [0.3, 0.4) is 0 Å². The van der Waals surface area contributed by atoms with Crippen molar-refractivity contribution in [3.8, 4) is 0 Å². The van der Waals surface area contributed by atoms with Crippen LogP contribution < -0.4 is 15.4 Å². The SMILES string of the molecule is CC1Cc2cc(S(N)(=O)=O)ccc2N1C(=O)CN1CCNC[C@H]1C.Cl. The number of carbonyl (C=O) groups is 1. The first-order chi connectivity index (χ1) is 11.3. The Bertz CT molecular complexity index is 756. The van der Waals surface area contributed by atoms with Gasteiger partial charge in [-0.15, -0.1) is 12.4 Å². The van der Waals surface area contributed by atoms with E-state index < -0.39 is 10.0 Å². The third-order valence-corrected chi connectivity index (χ3v) is 5.75. The van der Waals surface area contributed by atoms with Gasteiger partial charge in [0.05, 0.1) is 11.4 Å². The molecule has 1 aromatic carbocycles. The van der Waals surface area contributed by atoms with Crippen LogP contribution in [0.25, 0.3) is 0 Å². The Balaban J connectivity index is 0.00000225. The number of hydrogen-bond acceptors (Lipinski definition) is 5. The van der Waals surface area contributed by atoms with Gasteiger partial charge in [0, 0.05) is 37.4 Å². The second kappa shape index (κ2) is 7.59. The fourth-order valence-electron chi connectivity index (χ4n) is 3.53. The highest BCUT2D eigenvalue weighted by molar-refractivity contribution is 7.89. The number of sulfonamides is 1. The molecule has 1 aromatic rings. The van der Waals surface area contributed by atoms with Gasteiger partial charge in [0.15, 0.2) is 0 Å². The van der Waals surface area contributed by atoms with E-state index in [4.69, 9.17) is 5.14 Å². The van der Waals surface area contributed by atoms with E-state index in [0.29, 0.717) is 19.0 Å². The molecule has 0 radical (unpaired) electrons. The average Bonchev–Trinajstić information content (AvgIpc) is 2.83. The minimum Gasteiger partial charge on any atom is -0.314 e. The van der Waals surface area contributed by atoms with Crippen molar-refractivity contribution in [2.24, 2.45) is 5.14 Å². The van der Waals surface area contributed by atoms with Crippen molar-refractivity contribution in [2.45, 2.75) is 37.2 Å². The van der Waals surface area contributed by atoms with E-state index in [1.54, 1.807) is 17.0 Å². The molecule has 2 aliphatic heterocycles. The number of carbonyl (C=O) groups excluding carboxylic acids is 1. The molecule has 3 N–H and O–H groups in total. The normalized spacial score (nSPS) is 23.9. The number of nitrogens with one attached hydrogen (secondary N) is 1. The van der Waals surface area contributed by atoms with Crippen molar-refractivity contribution < 1.29 is 13.2 Å². The third kappa shape index (κ3) is 4.15. The van der Waals surface area contributed by atoms with Crippen molar-refractivity contribution in [3.63, 3.8) is 0 Å². The molecule has 0 aliphatic carbocycles. The summed E-state index contributed by atoms with van der Waals surface area (Å²) in [5.41, 5.74) is 1.65. The second-order valence-electron chi connectivity index (χ2n) is 6.68. The predicted octanol–water partition coefficient (Wildman–Crippen LogP) is 0.327. The number of amides is 1. The number of anilines is 1. The Kier molecular flexibility index (Phi) is 6.11. The quantitative estimate of drug-likeness (QED) is 0.777. The molecule has 1 saturated heterocycles. The summed E-state index contributed by atoms with van der Waals surface area (Å²) in [5, 5.41) is 8.51. The number of nitrogens with two attached hydrogens (primary N) is 1. The molecule has 1 unspecified atom stereocenters.